The SMILES string of the molecule is CCNC(=O)c1sc(NC(C)C)cc1N. The Labute approximate surface area is 93.9 Å². The van der Waals surface area contributed by atoms with Crippen LogP contribution in [-0.4, -0.2) is 18.5 Å². The van der Waals surface area contributed by atoms with Gasteiger partial charge >= 0.3 is 0 Å². The van der Waals surface area contributed by atoms with Crippen LogP contribution in [0.3, 0.4) is 0 Å². The zero-order chi connectivity index (χ0) is 11.4. The molecular weight excluding hydrogens is 210 g/mol. The fourth-order valence-corrected chi connectivity index (χ4v) is 2.22. The Kier molecular flexibility index (Phi) is 3.96. The van der Waals surface area contributed by atoms with Gasteiger partial charge in [0.25, 0.3) is 5.91 Å². The summed E-state index contributed by atoms with van der Waals surface area (Å²) in [5.74, 6) is -0.100. The first-order valence-corrected chi connectivity index (χ1v) is 5.80. The molecule has 1 aromatic heterocycles. The molecule has 0 aliphatic carbocycles. The molecule has 0 aliphatic rings. The van der Waals surface area contributed by atoms with E-state index in [4.69, 9.17) is 5.73 Å². The molecule has 0 unspecified atom stereocenters. The minimum atomic E-state index is -0.100. The third-order valence-corrected chi connectivity index (χ3v) is 2.82. The van der Waals surface area contributed by atoms with Crippen molar-refractivity contribution in [1.82, 2.24) is 5.32 Å². The Bertz CT molecular complexity index is 346. The molecule has 0 atom stereocenters. The van der Waals surface area contributed by atoms with Gasteiger partial charge in [0.05, 0.1) is 10.7 Å². The highest BCUT2D eigenvalue weighted by Gasteiger charge is 2.13. The van der Waals surface area contributed by atoms with Gasteiger partial charge in [-0.15, -0.1) is 11.3 Å². The van der Waals surface area contributed by atoms with Crippen molar-refractivity contribution in [2.45, 2.75) is 26.8 Å². The summed E-state index contributed by atoms with van der Waals surface area (Å²) in [6.07, 6.45) is 0. The topological polar surface area (TPSA) is 67.2 Å². The summed E-state index contributed by atoms with van der Waals surface area (Å²) in [6.45, 7) is 6.58. The van der Waals surface area contributed by atoms with Crippen molar-refractivity contribution in [1.29, 1.82) is 0 Å². The maximum atomic E-state index is 11.6. The largest absolute Gasteiger partial charge is 0.397 e. The molecule has 0 aromatic carbocycles. The summed E-state index contributed by atoms with van der Waals surface area (Å²) in [6, 6.07) is 2.14. The quantitative estimate of drug-likeness (QED) is 0.736. The zero-order valence-electron chi connectivity index (χ0n) is 9.26. The number of anilines is 2. The maximum Gasteiger partial charge on any atom is 0.263 e. The fourth-order valence-electron chi connectivity index (χ4n) is 1.18. The Morgan fingerprint density at radius 1 is 1.60 bits per heavy atom. The smallest absolute Gasteiger partial charge is 0.263 e. The number of nitrogens with one attached hydrogen (secondary N) is 2. The third-order valence-electron chi connectivity index (χ3n) is 1.74. The van der Waals surface area contributed by atoms with Crippen LogP contribution in [0, 0.1) is 0 Å². The fraction of sp³-hybridized carbons (Fsp3) is 0.500. The van der Waals surface area contributed by atoms with Crippen LogP contribution >= 0.6 is 11.3 Å². The summed E-state index contributed by atoms with van der Waals surface area (Å²) >= 11 is 1.39. The Hall–Kier alpha value is -1.23. The van der Waals surface area contributed by atoms with Crippen molar-refractivity contribution in [2.24, 2.45) is 0 Å². The summed E-state index contributed by atoms with van der Waals surface area (Å²) in [4.78, 5) is 12.1. The highest BCUT2D eigenvalue weighted by Crippen LogP contribution is 2.29. The standard InChI is InChI=1S/C10H17N3OS/c1-4-12-10(14)9-7(11)5-8(15-9)13-6(2)3/h5-6,13H,4,11H2,1-3H3,(H,12,14). The Balaban J connectivity index is 2.81. The van der Waals surface area contributed by atoms with Crippen molar-refractivity contribution >= 4 is 27.9 Å². The van der Waals surface area contributed by atoms with Crippen LogP contribution in [0.5, 0.6) is 0 Å². The van der Waals surface area contributed by atoms with Gasteiger partial charge in [0.15, 0.2) is 0 Å². The predicted octanol–water partition coefficient (Wildman–Crippen LogP) is 1.90. The molecule has 84 valence electrons. The van der Waals surface area contributed by atoms with Gasteiger partial charge in [0.1, 0.15) is 4.88 Å². The van der Waals surface area contributed by atoms with E-state index in [-0.39, 0.29) is 5.91 Å². The van der Waals surface area contributed by atoms with E-state index in [0.717, 1.165) is 5.00 Å². The Morgan fingerprint density at radius 2 is 2.27 bits per heavy atom. The number of nitrogen functional groups attached to an aromatic ring is 1. The van der Waals surface area contributed by atoms with Crippen LogP contribution in [0.2, 0.25) is 0 Å². The van der Waals surface area contributed by atoms with Gasteiger partial charge in [0.2, 0.25) is 0 Å². The van der Waals surface area contributed by atoms with E-state index in [1.807, 2.05) is 20.8 Å². The average Bonchev–Trinajstić information content (AvgIpc) is 2.46. The molecule has 4 N–H and O–H groups in total. The van der Waals surface area contributed by atoms with E-state index >= 15 is 0 Å². The number of rotatable bonds is 4. The van der Waals surface area contributed by atoms with E-state index in [2.05, 4.69) is 10.6 Å². The molecule has 0 aliphatic heterocycles. The second kappa shape index (κ2) is 5.02. The lowest BCUT2D eigenvalue weighted by Crippen LogP contribution is -2.22. The van der Waals surface area contributed by atoms with Crippen molar-refractivity contribution in [2.75, 3.05) is 17.6 Å². The van der Waals surface area contributed by atoms with Crippen molar-refractivity contribution in [3.05, 3.63) is 10.9 Å². The molecule has 0 saturated carbocycles. The maximum absolute atomic E-state index is 11.6. The van der Waals surface area contributed by atoms with E-state index in [1.165, 1.54) is 11.3 Å². The van der Waals surface area contributed by atoms with E-state index in [9.17, 15) is 4.79 Å². The monoisotopic (exact) mass is 227 g/mol. The van der Waals surface area contributed by atoms with Crippen LogP contribution in [-0.2, 0) is 0 Å². The summed E-state index contributed by atoms with van der Waals surface area (Å²) in [7, 11) is 0. The number of nitrogens with two attached hydrogens (primary N) is 1. The van der Waals surface area contributed by atoms with Crippen molar-refractivity contribution in [3.8, 4) is 0 Å². The Morgan fingerprint density at radius 3 is 2.80 bits per heavy atom. The molecular formula is C10H17N3OS. The molecule has 1 amide bonds. The van der Waals surface area contributed by atoms with E-state index in [0.29, 0.717) is 23.2 Å². The normalized spacial score (nSPS) is 10.4. The van der Waals surface area contributed by atoms with Gasteiger partial charge < -0.3 is 16.4 Å². The predicted molar refractivity (Wildman–Crippen MR) is 65.5 cm³/mol. The number of amides is 1. The number of carbonyl (C=O) groups is 1. The van der Waals surface area contributed by atoms with Gasteiger partial charge in [-0.3, -0.25) is 4.79 Å². The minimum absolute atomic E-state index is 0.100. The van der Waals surface area contributed by atoms with Crippen LogP contribution < -0.4 is 16.4 Å². The molecule has 0 saturated heterocycles. The van der Waals surface area contributed by atoms with E-state index in [1.54, 1.807) is 6.07 Å². The molecule has 1 heterocycles. The van der Waals surface area contributed by atoms with Gasteiger partial charge in [-0.25, -0.2) is 0 Å². The molecule has 5 heteroatoms. The van der Waals surface area contributed by atoms with Gasteiger partial charge in [-0.2, -0.15) is 0 Å². The second-order valence-corrected chi connectivity index (χ2v) is 4.61. The lowest BCUT2D eigenvalue weighted by Gasteiger charge is -2.05. The summed E-state index contributed by atoms with van der Waals surface area (Å²) in [5, 5.41) is 6.89. The first-order chi connectivity index (χ1) is 7.04. The van der Waals surface area contributed by atoms with Gasteiger partial charge in [-0.05, 0) is 26.8 Å². The molecule has 15 heavy (non-hydrogen) atoms. The zero-order valence-corrected chi connectivity index (χ0v) is 10.1. The minimum Gasteiger partial charge on any atom is -0.397 e. The summed E-state index contributed by atoms with van der Waals surface area (Å²) in [5.41, 5.74) is 6.29. The number of hydrogen-bond donors (Lipinski definition) is 3. The molecule has 1 rings (SSSR count). The highest BCUT2D eigenvalue weighted by atomic mass is 32.1. The molecule has 0 fully saturated rings. The van der Waals surface area contributed by atoms with Crippen LogP contribution in [0.25, 0.3) is 0 Å². The van der Waals surface area contributed by atoms with Crippen LogP contribution in [0.1, 0.15) is 30.4 Å². The molecule has 0 radical (unpaired) electrons. The molecule has 0 bridgehead atoms. The third kappa shape index (κ3) is 3.13. The highest BCUT2D eigenvalue weighted by molar-refractivity contribution is 7.18. The van der Waals surface area contributed by atoms with Gasteiger partial charge in [-0.1, -0.05) is 0 Å². The first-order valence-electron chi connectivity index (χ1n) is 4.98. The first kappa shape index (κ1) is 11.8. The van der Waals surface area contributed by atoms with Crippen molar-refractivity contribution < 1.29 is 4.79 Å². The molecule has 4 nitrogen and oxygen atoms in total. The van der Waals surface area contributed by atoms with Crippen molar-refractivity contribution in [3.63, 3.8) is 0 Å². The van der Waals surface area contributed by atoms with Crippen LogP contribution in [0.15, 0.2) is 6.07 Å². The summed E-state index contributed by atoms with van der Waals surface area (Å²) < 4.78 is 0. The number of hydrogen-bond acceptors (Lipinski definition) is 4. The number of carbonyl (C=O) groups excluding carboxylic acids is 1. The second-order valence-electron chi connectivity index (χ2n) is 3.55. The van der Waals surface area contributed by atoms with Gasteiger partial charge in [0, 0.05) is 12.6 Å². The molecule has 1 aromatic rings. The average molecular weight is 227 g/mol. The molecule has 0 spiro atoms. The van der Waals surface area contributed by atoms with Crippen LogP contribution in [0.4, 0.5) is 10.7 Å². The van der Waals surface area contributed by atoms with E-state index < -0.39 is 0 Å². The lowest BCUT2D eigenvalue weighted by molar-refractivity contribution is 0.0960. The number of thiophene rings is 1. The lowest BCUT2D eigenvalue weighted by atomic mass is 10.3.